The molecule has 2 N–H and O–H groups in total. The minimum absolute atomic E-state index is 0. The molecular weight excluding hydrogens is 147 g/mol. The highest BCUT2D eigenvalue weighted by Crippen LogP contribution is 1.93. The van der Waals surface area contributed by atoms with Crippen molar-refractivity contribution >= 4 is 23.3 Å². The summed E-state index contributed by atoms with van der Waals surface area (Å²) in [5.74, 6) is -0.833. The Kier molecular flexibility index (Phi) is 11.7. The lowest BCUT2D eigenvalue weighted by molar-refractivity contribution is -0.134. The summed E-state index contributed by atoms with van der Waals surface area (Å²) in [5, 5.41) is 15.9. The fraction of sp³-hybridized carbons (Fsp3) is 0.833. The highest BCUT2D eigenvalue weighted by atomic mass is 27.0. The van der Waals surface area contributed by atoms with Gasteiger partial charge in [-0.05, 0) is 20.8 Å². The summed E-state index contributed by atoms with van der Waals surface area (Å²) < 4.78 is 0. The molecule has 62 valence electrons. The number of carboxylic acid groups (broad SMARTS) is 1. The van der Waals surface area contributed by atoms with Gasteiger partial charge in [-0.3, -0.25) is 4.79 Å². The second-order valence-corrected chi connectivity index (χ2v) is 2.69. The molecule has 0 atom stereocenters. The van der Waals surface area contributed by atoms with Crippen LogP contribution in [-0.2, 0) is 4.79 Å². The van der Waals surface area contributed by atoms with E-state index in [9.17, 15) is 0 Å². The van der Waals surface area contributed by atoms with E-state index in [-0.39, 0.29) is 17.4 Å². The molecule has 0 unspecified atom stereocenters. The average molecular weight is 164 g/mol. The van der Waals surface area contributed by atoms with Crippen molar-refractivity contribution in [2.75, 3.05) is 0 Å². The lowest BCUT2D eigenvalue weighted by atomic mass is 10.2. The minimum atomic E-state index is -0.833. The maximum absolute atomic E-state index is 9.00. The summed E-state index contributed by atoms with van der Waals surface area (Å²) in [6.07, 6.45) is 0. The second-order valence-electron chi connectivity index (χ2n) is 2.69. The molecule has 0 amide bonds. The molecule has 4 heteroatoms. The first kappa shape index (κ1) is 16.5. The molecule has 0 aromatic carbocycles. The predicted molar refractivity (Wildman–Crippen MR) is 45.2 cm³/mol. The van der Waals surface area contributed by atoms with E-state index >= 15 is 0 Å². The lowest BCUT2D eigenvalue weighted by Gasteiger charge is -2.04. The van der Waals surface area contributed by atoms with E-state index in [2.05, 4.69) is 0 Å². The number of carboxylic acids is 1. The maximum Gasteiger partial charge on any atom is 0.300 e. The summed E-state index contributed by atoms with van der Waals surface area (Å²) >= 11 is 0. The van der Waals surface area contributed by atoms with Crippen LogP contribution in [0.1, 0.15) is 27.7 Å². The van der Waals surface area contributed by atoms with Crippen molar-refractivity contribution < 1.29 is 15.0 Å². The summed E-state index contributed by atoms with van der Waals surface area (Å²) in [4.78, 5) is 9.00. The van der Waals surface area contributed by atoms with Crippen LogP contribution in [0.3, 0.4) is 0 Å². The van der Waals surface area contributed by atoms with Gasteiger partial charge in [-0.15, -0.1) is 0 Å². The van der Waals surface area contributed by atoms with Crippen LogP contribution in [-0.4, -0.2) is 39.1 Å². The fourth-order valence-electron chi connectivity index (χ4n) is 0. The number of aliphatic hydroxyl groups is 1. The fourth-order valence-corrected chi connectivity index (χ4v) is 0. The van der Waals surface area contributed by atoms with Crippen molar-refractivity contribution in [3.8, 4) is 0 Å². The van der Waals surface area contributed by atoms with E-state index in [1.165, 1.54) is 0 Å². The Morgan fingerprint density at radius 3 is 1.30 bits per heavy atom. The van der Waals surface area contributed by atoms with Crippen LogP contribution in [0.5, 0.6) is 0 Å². The van der Waals surface area contributed by atoms with Gasteiger partial charge in [0.1, 0.15) is 0 Å². The number of hydrogen-bond acceptors (Lipinski definition) is 2. The van der Waals surface area contributed by atoms with E-state index in [0.29, 0.717) is 0 Å². The van der Waals surface area contributed by atoms with Crippen molar-refractivity contribution in [1.29, 1.82) is 0 Å². The first-order chi connectivity index (χ1) is 3.73. The van der Waals surface area contributed by atoms with Crippen LogP contribution in [0.2, 0.25) is 0 Å². The van der Waals surface area contributed by atoms with E-state index in [4.69, 9.17) is 15.0 Å². The molecule has 10 heavy (non-hydrogen) atoms. The average Bonchev–Trinajstić information content (AvgIpc) is 1.19. The number of rotatable bonds is 0. The van der Waals surface area contributed by atoms with Gasteiger partial charge in [-0.25, -0.2) is 0 Å². The van der Waals surface area contributed by atoms with Gasteiger partial charge in [0.25, 0.3) is 5.97 Å². The van der Waals surface area contributed by atoms with E-state index < -0.39 is 11.6 Å². The summed E-state index contributed by atoms with van der Waals surface area (Å²) in [6, 6.07) is 0. The van der Waals surface area contributed by atoms with Crippen molar-refractivity contribution in [3.63, 3.8) is 0 Å². The minimum Gasteiger partial charge on any atom is -0.481 e. The van der Waals surface area contributed by atoms with Gasteiger partial charge < -0.3 is 10.2 Å². The Morgan fingerprint density at radius 2 is 1.30 bits per heavy atom. The number of hydrogen-bond donors (Lipinski definition) is 2. The Bertz CT molecular complexity index is 75.5. The van der Waals surface area contributed by atoms with Crippen molar-refractivity contribution in [2.45, 2.75) is 33.3 Å². The Labute approximate surface area is 72.2 Å². The molecule has 0 saturated carbocycles. The molecule has 3 nitrogen and oxygen atoms in total. The van der Waals surface area contributed by atoms with Crippen LogP contribution in [0.15, 0.2) is 0 Å². The summed E-state index contributed by atoms with van der Waals surface area (Å²) in [7, 11) is 0. The molecule has 0 radical (unpaired) electrons. The molecule has 0 saturated heterocycles. The van der Waals surface area contributed by atoms with Gasteiger partial charge in [-0.2, -0.15) is 0 Å². The number of carbonyl (C=O) groups is 1. The first-order valence-electron chi connectivity index (χ1n) is 2.65. The van der Waals surface area contributed by atoms with Crippen LogP contribution >= 0.6 is 0 Å². The SMILES string of the molecule is CC(=O)O.CC(C)(C)O.[AlH3]. The molecule has 0 heterocycles. The standard InChI is InChI=1S/C4H10O.C2H4O2.Al.3H/c1-4(2,3)5;1-2(3)4;;;;/h5H,1-3H3;1H3,(H,3,4);;;;. The quantitative estimate of drug-likeness (QED) is 0.482. The van der Waals surface area contributed by atoms with Crippen LogP contribution in [0, 0.1) is 0 Å². The molecule has 0 aromatic rings. The topological polar surface area (TPSA) is 57.5 Å². The summed E-state index contributed by atoms with van der Waals surface area (Å²) in [5.41, 5.74) is -0.500. The third-order valence-electron chi connectivity index (χ3n) is 0. The smallest absolute Gasteiger partial charge is 0.300 e. The molecule has 0 aromatic heterocycles. The highest BCUT2D eigenvalue weighted by molar-refractivity contribution is 5.75. The zero-order valence-electron chi connectivity index (χ0n) is 6.30. The van der Waals surface area contributed by atoms with Crippen LogP contribution in [0.4, 0.5) is 0 Å². The van der Waals surface area contributed by atoms with Crippen molar-refractivity contribution in [2.24, 2.45) is 0 Å². The Morgan fingerprint density at radius 1 is 1.30 bits per heavy atom. The molecule has 0 aliphatic heterocycles. The molecule has 0 aliphatic carbocycles. The van der Waals surface area contributed by atoms with Crippen LogP contribution < -0.4 is 0 Å². The van der Waals surface area contributed by atoms with Gasteiger partial charge in [0, 0.05) is 6.92 Å². The molecule has 0 spiro atoms. The van der Waals surface area contributed by atoms with E-state index in [1.54, 1.807) is 20.8 Å². The molecule has 0 rings (SSSR count). The van der Waals surface area contributed by atoms with Gasteiger partial charge in [-0.1, -0.05) is 0 Å². The molecular formula is C6H17AlO3. The third kappa shape index (κ3) is 274000. The van der Waals surface area contributed by atoms with Gasteiger partial charge in [0.05, 0.1) is 5.60 Å². The van der Waals surface area contributed by atoms with E-state index in [0.717, 1.165) is 6.92 Å². The van der Waals surface area contributed by atoms with Crippen LogP contribution in [0.25, 0.3) is 0 Å². The Hall–Kier alpha value is -0.0375. The summed E-state index contributed by atoms with van der Waals surface area (Å²) in [6.45, 7) is 6.31. The largest absolute Gasteiger partial charge is 0.481 e. The van der Waals surface area contributed by atoms with Gasteiger partial charge in [0.2, 0.25) is 0 Å². The lowest BCUT2D eigenvalue weighted by Crippen LogP contribution is -2.10. The van der Waals surface area contributed by atoms with Gasteiger partial charge >= 0.3 is 0 Å². The first-order valence-corrected chi connectivity index (χ1v) is 2.65. The van der Waals surface area contributed by atoms with Gasteiger partial charge in [0.15, 0.2) is 17.4 Å². The van der Waals surface area contributed by atoms with E-state index in [1.807, 2.05) is 0 Å². The third-order valence-corrected chi connectivity index (χ3v) is 0. The molecule has 0 fully saturated rings. The zero-order chi connectivity index (χ0) is 8.08. The normalized spacial score (nSPS) is 8.50. The van der Waals surface area contributed by atoms with Crippen molar-refractivity contribution in [1.82, 2.24) is 0 Å². The predicted octanol–water partition coefficient (Wildman–Crippen LogP) is -0.316. The zero-order valence-corrected chi connectivity index (χ0v) is 6.30. The maximum atomic E-state index is 9.00. The Balaban J connectivity index is -0.0000000910. The second kappa shape index (κ2) is 7.07. The molecule has 0 aliphatic rings. The van der Waals surface area contributed by atoms with Crippen molar-refractivity contribution in [3.05, 3.63) is 0 Å². The number of aliphatic carboxylic acids is 1. The monoisotopic (exact) mass is 164 g/mol. The highest BCUT2D eigenvalue weighted by Gasteiger charge is 1.97. The molecule has 0 bridgehead atoms.